The number of thioether (sulfide) groups is 1. The van der Waals surface area contributed by atoms with Crippen molar-refractivity contribution >= 4 is 52.3 Å². The summed E-state index contributed by atoms with van der Waals surface area (Å²) in [5.74, 6) is 0.453. The first kappa shape index (κ1) is 17.0. The number of hydrogen-bond donors (Lipinski definition) is 1. The molecule has 2 heterocycles. The van der Waals surface area contributed by atoms with Crippen molar-refractivity contribution in [2.75, 3.05) is 11.1 Å². The van der Waals surface area contributed by atoms with Gasteiger partial charge in [0.2, 0.25) is 11.1 Å². The van der Waals surface area contributed by atoms with Gasteiger partial charge >= 0.3 is 0 Å². The fraction of sp³-hybridized carbons (Fsp3) is 0.200. The molecule has 0 aliphatic rings. The summed E-state index contributed by atoms with van der Waals surface area (Å²) in [6.07, 6.45) is 0. The predicted molar refractivity (Wildman–Crippen MR) is 96.1 cm³/mol. The minimum atomic E-state index is -0.219. The average molecular weight is 382 g/mol. The molecule has 0 aliphatic heterocycles. The molecule has 0 unspecified atom stereocenters. The molecular weight excluding hydrogens is 369 g/mol. The average Bonchev–Trinajstić information content (AvgIpc) is 2.92. The SMILES string of the molecule is Cc1cc(C)n2nc(SCC(=O)Nc3cc(Cl)ccc3Cl)nc2n1. The Morgan fingerprint density at radius 3 is 2.83 bits per heavy atom. The Hall–Kier alpha value is -1.83. The number of benzene rings is 1. The Morgan fingerprint density at radius 1 is 1.25 bits per heavy atom. The van der Waals surface area contributed by atoms with Crippen LogP contribution in [0, 0.1) is 13.8 Å². The first-order valence-corrected chi connectivity index (χ1v) is 8.75. The van der Waals surface area contributed by atoms with E-state index >= 15 is 0 Å². The third-order valence-electron chi connectivity index (χ3n) is 3.13. The number of aromatic nitrogens is 4. The van der Waals surface area contributed by atoms with E-state index in [0.29, 0.717) is 26.7 Å². The molecule has 0 spiro atoms. The number of aryl methyl sites for hydroxylation is 2. The van der Waals surface area contributed by atoms with E-state index in [0.717, 1.165) is 11.4 Å². The van der Waals surface area contributed by atoms with Crippen LogP contribution in [0.4, 0.5) is 5.69 Å². The first-order chi connectivity index (χ1) is 11.4. The standard InChI is InChI=1S/C15H13Cl2N5OS/c1-8-5-9(2)22-14(18-8)20-15(21-22)24-7-13(23)19-12-6-10(16)3-4-11(12)17/h3-6H,7H2,1-2H3,(H,19,23). The van der Waals surface area contributed by atoms with E-state index in [1.807, 2.05) is 19.9 Å². The van der Waals surface area contributed by atoms with Gasteiger partial charge in [-0.3, -0.25) is 4.79 Å². The molecule has 0 aliphatic carbocycles. The van der Waals surface area contributed by atoms with Crippen molar-refractivity contribution in [3.05, 3.63) is 45.7 Å². The largest absolute Gasteiger partial charge is 0.324 e. The van der Waals surface area contributed by atoms with Crippen LogP contribution in [-0.2, 0) is 4.79 Å². The van der Waals surface area contributed by atoms with Crippen LogP contribution in [0.1, 0.15) is 11.4 Å². The molecule has 9 heteroatoms. The number of nitrogens with one attached hydrogen (secondary N) is 1. The van der Waals surface area contributed by atoms with Crippen molar-refractivity contribution in [1.82, 2.24) is 19.6 Å². The van der Waals surface area contributed by atoms with Gasteiger partial charge in [-0.05, 0) is 38.1 Å². The maximum absolute atomic E-state index is 12.1. The summed E-state index contributed by atoms with van der Waals surface area (Å²) in [4.78, 5) is 20.7. The van der Waals surface area contributed by atoms with Crippen molar-refractivity contribution in [1.29, 1.82) is 0 Å². The second-order valence-corrected chi connectivity index (χ2v) is 6.89. The lowest BCUT2D eigenvalue weighted by atomic mass is 10.3. The van der Waals surface area contributed by atoms with Crippen molar-refractivity contribution in [3.63, 3.8) is 0 Å². The molecule has 3 aromatic rings. The molecule has 0 atom stereocenters. The van der Waals surface area contributed by atoms with Crippen molar-refractivity contribution in [2.24, 2.45) is 0 Å². The fourth-order valence-electron chi connectivity index (χ4n) is 2.12. The van der Waals surface area contributed by atoms with E-state index in [-0.39, 0.29) is 11.7 Å². The third-order valence-corrected chi connectivity index (χ3v) is 4.54. The lowest BCUT2D eigenvalue weighted by Gasteiger charge is -2.06. The van der Waals surface area contributed by atoms with Crippen LogP contribution in [0.15, 0.2) is 29.4 Å². The zero-order valence-corrected chi connectivity index (χ0v) is 15.2. The second kappa shape index (κ2) is 6.96. The van der Waals surface area contributed by atoms with Gasteiger partial charge in [0.05, 0.1) is 16.5 Å². The number of anilines is 1. The smallest absolute Gasteiger partial charge is 0.253 e. The monoisotopic (exact) mass is 381 g/mol. The van der Waals surface area contributed by atoms with Gasteiger partial charge in [0.15, 0.2) is 0 Å². The Balaban J connectivity index is 1.68. The molecule has 3 rings (SSSR count). The van der Waals surface area contributed by atoms with E-state index in [1.54, 1.807) is 22.7 Å². The van der Waals surface area contributed by atoms with Crippen molar-refractivity contribution in [2.45, 2.75) is 19.0 Å². The highest BCUT2D eigenvalue weighted by Gasteiger charge is 2.12. The van der Waals surface area contributed by atoms with Gasteiger partial charge in [0.1, 0.15) is 0 Å². The molecule has 0 saturated heterocycles. The molecule has 0 bridgehead atoms. The quantitative estimate of drug-likeness (QED) is 0.696. The number of nitrogens with zero attached hydrogens (tertiary/aromatic N) is 4. The predicted octanol–water partition coefficient (Wildman–Crippen LogP) is 3.78. The minimum absolute atomic E-state index is 0.151. The van der Waals surface area contributed by atoms with E-state index in [9.17, 15) is 4.79 Å². The summed E-state index contributed by atoms with van der Waals surface area (Å²) in [7, 11) is 0. The normalized spacial score (nSPS) is 11.0. The summed E-state index contributed by atoms with van der Waals surface area (Å²) >= 11 is 13.2. The molecule has 6 nitrogen and oxygen atoms in total. The molecule has 1 aromatic carbocycles. The molecule has 24 heavy (non-hydrogen) atoms. The summed E-state index contributed by atoms with van der Waals surface area (Å²) in [6, 6.07) is 6.81. The van der Waals surface area contributed by atoms with Gasteiger partial charge < -0.3 is 5.32 Å². The molecular formula is C15H13Cl2N5OS. The van der Waals surface area contributed by atoms with E-state index in [2.05, 4.69) is 20.4 Å². The highest BCUT2D eigenvalue weighted by molar-refractivity contribution is 7.99. The lowest BCUT2D eigenvalue weighted by molar-refractivity contribution is -0.113. The zero-order valence-electron chi connectivity index (χ0n) is 12.9. The van der Waals surface area contributed by atoms with Crippen LogP contribution < -0.4 is 5.32 Å². The number of fused-ring (bicyclic) bond motifs is 1. The molecule has 0 saturated carbocycles. The molecule has 2 aromatic heterocycles. The van der Waals surface area contributed by atoms with Crippen LogP contribution in [-0.4, -0.2) is 31.2 Å². The number of halogens is 2. The number of hydrogen-bond acceptors (Lipinski definition) is 5. The van der Waals surface area contributed by atoms with E-state index in [4.69, 9.17) is 23.2 Å². The van der Waals surface area contributed by atoms with E-state index in [1.165, 1.54) is 11.8 Å². The Kier molecular flexibility index (Phi) is 4.93. The molecule has 0 fully saturated rings. The topological polar surface area (TPSA) is 72.2 Å². The molecule has 124 valence electrons. The third kappa shape index (κ3) is 3.80. The fourth-order valence-corrected chi connectivity index (χ4v) is 3.07. The molecule has 0 radical (unpaired) electrons. The number of rotatable bonds is 4. The first-order valence-electron chi connectivity index (χ1n) is 7.01. The van der Waals surface area contributed by atoms with Crippen LogP contribution in [0.5, 0.6) is 0 Å². The van der Waals surface area contributed by atoms with Crippen LogP contribution in [0.2, 0.25) is 10.0 Å². The van der Waals surface area contributed by atoms with Crippen LogP contribution in [0.3, 0.4) is 0 Å². The molecule has 1 amide bonds. The highest BCUT2D eigenvalue weighted by atomic mass is 35.5. The minimum Gasteiger partial charge on any atom is -0.324 e. The highest BCUT2D eigenvalue weighted by Crippen LogP contribution is 2.25. The van der Waals surface area contributed by atoms with Gasteiger partial charge in [0, 0.05) is 16.4 Å². The Labute approximate surface area is 152 Å². The van der Waals surface area contributed by atoms with Crippen LogP contribution in [0.25, 0.3) is 5.78 Å². The van der Waals surface area contributed by atoms with Crippen LogP contribution >= 0.6 is 35.0 Å². The van der Waals surface area contributed by atoms with Crippen molar-refractivity contribution < 1.29 is 4.79 Å². The maximum Gasteiger partial charge on any atom is 0.253 e. The molecule has 1 N–H and O–H groups in total. The van der Waals surface area contributed by atoms with Gasteiger partial charge in [-0.1, -0.05) is 35.0 Å². The van der Waals surface area contributed by atoms with Gasteiger partial charge in [-0.2, -0.15) is 4.98 Å². The summed E-state index contributed by atoms with van der Waals surface area (Å²) in [6.45, 7) is 3.83. The zero-order chi connectivity index (χ0) is 17.3. The number of amides is 1. The van der Waals surface area contributed by atoms with Gasteiger partial charge in [-0.15, -0.1) is 5.10 Å². The van der Waals surface area contributed by atoms with E-state index < -0.39 is 0 Å². The Bertz CT molecular complexity index is 928. The van der Waals surface area contributed by atoms with Crippen molar-refractivity contribution in [3.8, 4) is 0 Å². The number of carbonyl (C=O) groups excluding carboxylic acids is 1. The maximum atomic E-state index is 12.1. The Morgan fingerprint density at radius 2 is 2.04 bits per heavy atom. The summed E-state index contributed by atoms with van der Waals surface area (Å²) in [5, 5.41) is 8.48. The lowest BCUT2D eigenvalue weighted by Crippen LogP contribution is -2.14. The van der Waals surface area contributed by atoms with Gasteiger partial charge in [0.25, 0.3) is 5.78 Å². The second-order valence-electron chi connectivity index (χ2n) is 5.11. The number of carbonyl (C=O) groups is 1. The summed E-state index contributed by atoms with van der Waals surface area (Å²) < 4.78 is 1.65. The van der Waals surface area contributed by atoms with Gasteiger partial charge in [-0.25, -0.2) is 9.50 Å². The summed E-state index contributed by atoms with van der Waals surface area (Å²) in [5.41, 5.74) is 2.29.